The summed E-state index contributed by atoms with van der Waals surface area (Å²) in [6.07, 6.45) is 10.3. The lowest BCUT2D eigenvalue weighted by molar-refractivity contribution is 0.0752. The summed E-state index contributed by atoms with van der Waals surface area (Å²) in [6.45, 7) is 5.39. The first-order valence-corrected chi connectivity index (χ1v) is 6.91. The van der Waals surface area contributed by atoms with Gasteiger partial charge in [0.15, 0.2) is 0 Å². The molecule has 1 aliphatic heterocycles. The molecule has 0 aromatic carbocycles. The van der Waals surface area contributed by atoms with Gasteiger partial charge in [-0.05, 0) is 25.7 Å². The van der Waals surface area contributed by atoms with Gasteiger partial charge >= 0.3 is 0 Å². The fraction of sp³-hybridized carbons (Fsp3) is 1.00. The zero-order valence-electron chi connectivity index (χ0n) is 9.83. The summed E-state index contributed by atoms with van der Waals surface area (Å²) in [5.74, 6) is 0. The van der Waals surface area contributed by atoms with Crippen molar-refractivity contribution in [2.75, 3.05) is 26.2 Å². The quantitative estimate of drug-likeness (QED) is 0.685. The van der Waals surface area contributed by atoms with Crippen LogP contribution >= 0.6 is 0 Å². The standard InChI is InChI=1S/C13H24N2/c1-2-4-12(5-3-1)14-8-10-15(11-9-14)13-6-7-13/h12-13H,1-11H2. The van der Waals surface area contributed by atoms with E-state index in [0.29, 0.717) is 0 Å². The molecule has 0 aromatic heterocycles. The molecule has 0 aromatic rings. The van der Waals surface area contributed by atoms with Crippen LogP contribution in [0.2, 0.25) is 0 Å². The molecule has 1 heterocycles. The smallest absolute Gasteiger partial charge is 0.0113 e. The van der Waals surface area contributed by atoms with Gasteiger partial charge in [-0.3, -0.25) is 9.80 Å². The lowest BCUT2D eigenvalue weighted by Gasteiger charge is -2.40. The first-order chi connectivity index (χ1) is 7.43. The van der Waals surface area contributed by atoms with E-state index >= 15 is 0 Å². The van der Waals surface area contributed by atoms with Crippen molar-refractivity contribution in [2.45, 2.75) is 57.0 Å². The SMILES string of the molecule is C1CCC(N2CCN(C3CC3)CC2)CC1. The van der Waals surface area contributed by atoms with E-state index in [0.717, 1.165) is 12.1 Å². The molecule has 15 heavy (non-hydrogen) atoms. The van der Waals surface area contributed by atoms with Crippen molar-refractivity contribution in [3.8, 4) is 0 Å². The summed E-state index contributed by atoms with van der Waals surface area (Å²) >= 11 is 0. The lowest BCUT2D eigenvalue weighted by Crippen LogP contribution is -2.51. The van der Waals surface area contributed by atoms with Gasteiger partial charge in [-0.2, -0.15) is 0 Å². The molecule has 1 saturated heterocycles. The van der Waals surface area contributed by atoms with E-state index in [4.69, 9.17) is 0 Å². The van der Waals surface area contributed by atoms with Crippen LogP contribution in [0.5, 0.6) is 0 Å². The van der Waals surface area contributed by atoms with E-state index in [9.17, 15) is 0 Å². The number of piperazine rings is 1. The van der Waals surface area contributed by atoms with Gasteiger partial charge in [0.25, 0.3) is 0 Å². The summed E-state index contributed by atoms with van der Waals surface area (Å²) in [6, 6.07) is 1.93. The Morgan fingerprint density at radius 1 is 0.533 bits per heavy atom. The van der Waals surface area contributed by atoms with Crippen molar-refractivity contribution in [2.24, 2.45) is 0 Å². The molecule has 2 nitrogen and oxygen atoms in total. The Morgan fingerprint density at radius 3 is 1.47 bits per heavy atom. The summed E-state index contributed by atoms with van der Waals surface area (Å²) in [4.78, 5) is 5.50. The maximum Gasteiger partial charge on any atom is 0.0113 e. The maximum absolute atomic E-state index is 2.78. The molecule has 2 heteroatoms. The van der Waals surface area contributed by atoms with E-state index in [1.807, 2.05) is 0 Å². The van der Waals surface area contributed by atoms with Gasteiger partial charge in [0.05, 0.1) is 0 Å². The highest BCUT2D eigenvalue weighted by Gasteiger charge is 2.32. The predicted molar refractivity (Wildman–Crippen MR) is 63.0 cm³/mol. The van der Waals surface area contributed by atoms with E-state index in [1.54, 1.807) is 0 Å². The third-order valence-electron chi connectivity index (χ3n) is 4.50. The Bertz CT molecular complexity index is 199. The third-order valence-corrected chi connectivity index (χ3v) is 4.50. The molecule has 2 saturated carbocycles. The average Bonchev–Trinajstić information content (AvgIpc) is 3.15. The van der Waals surface area contributed by atoms with E-state index in [-0.39, 0.29) is 0 Å². The summed E-state index contributed by atoms with van der Waals surface area (Å²) < 4.78 is 0. The average molecular weight is 208 g/mol. The second kappa shape index (κ2) is 4.42. The first kappa shape index (κ1) is 10.1. The van der Waals surface area contributed by atoms with Crippen molar-refractivity contribution in [3.05, 3.63) is 0 Å². The summed E-state index contributed by atoms with van der Waals surface area (Å²) in [7, 11) is 0. The Balaban J connectivity index is 1.47. The molecule has 3 rings (SSSR count). The second-order valence-corrected chi connectivity index (χ2v) is 5.59. The zero-order valence-corrected chi connectivity index (χ0v) is 9.83. The van der Waals surface area contributed by atoms with Gasteiger partial charge in [0, 0.05) is 38.3 Å². The molecule has 0 N–H and O–H groups in total. The Morgan fingerprint density at radius 2 is 1.00 bits per heavy atom. The largest absolute Gasteiger partial charge is 0.298 e. The number of hydrogen-bond acceptors (Lipinski definition) is 2. The van der Waals surface area contributed by atoms with Crippen LogP contribution in [0.3, 0.4) is 0 Å². The molecule has 2 aliphatic carbocycles. The van der Waals surface area contributed by atoms with Gasteiger partial charge < -0.3 is 0 Å². The second-order valence-electron chi connectivity index (χ2n) is 5.59. The van der Waals surface area contributed by atoms with E-state index < -0.39 is 0 Å². The van der Waals surface area contributed by atoms with Crippen LogP contribution in [-0.4, -0.2) is 48.1 Å². The molecular weight excluding hydrogens is 184 g/mol. The predicted octanol–water partition coefficient (Wildman–Crippen LogP) is 2.10. The van der Waals surface area contributed by atoms with Crippen LogP contribution in [-0.2, 0) is 0 Å². The maximum atomic E-state index is 2.78. The molecule has 0 spiro atoms. The highest BCUT2D eigenvalue weighted by Crippen LogP contribution is 2.29. The Hall–Kier alpha value is -0.0800. The normalized spacial score (nSPS) is 32.0. The monoisotopic (exact) mass is 208 g/mol. The minimum Gasteiger partial charge on any atom is -0.298 e. The van der Waals surface area contributed by atoms with E-state index in [1.165, 1.54) is 71.1 Å². The van der Waals surface area contributed by atoms with E-state index in [2.05, 4.69) is 9.80 Å². The molecule has 0 radical (unpaired) electrons. The molecular formula is C13H24N2. The van der Waals surface area contributed by atoms with Gasteiger partial charge in [-0.1, -0.05) is 19.3 Å². The van der Waals surface area contributed by atoms with Gasteiger partial charge in [0.2, 0.25) is 0 Å². The van der Waals surface area contributed by atoms with Crippen molar-refractivity contribution in [1.82, 2.24) is 9.80 Å². The number of rotatable bonds is 2. The Labute approximate surface area is 93.6 Å². The molecule has 0 amide bonds. The Kier molecular flexibility index (Phi) is 2.98. The van der Waals surface area contributed by atoms with Crippen molar-refractivity contribution < 1.29 is 0 Å². The molecule has 0 atom stereocenters. The molecule has 86 valence electrons. The minimum atomic E-state index is 0.945. The summed E-state index contributed by atoms with van der Waals surface area (Å²) in [5, 5.41) is 0. The van der Waals surface area contributed by atoms with Crippen molar-refractivity contribution in [3.63, 3.8) is 0 Å². The van der Waals surface area contributed by atoms with Gasteiger partial charge in [-0.25, -0.2) is 0 Å². The van der Waals surface area contributed by atoms with Crippen LogP contribution < -0.4 is 0 Å². The minimum absolute atomic E-state index is 0.945. The number of hydrogen-bond donors (Lipinski definition) is 0. The van der Waals surface area contributed by atoms with Crippen LogP contribution in [0.1, 0.15) is 44.9 Å². The lowest BCUT2D eigenvalue weighted by atomic mass is 9.94. The van der Waals surface area contributed by atoms with Crippen molar-refractivity contribution >= 4 is 0 Å². The van der Waals surface area contributed by atoms with Crippen LogP contribution in [0.15, 0.2) is 0 Å². The highest BCUT2D eigenvalue weighted by molar-refractivity contribution is 4.89. The molecule has 0 unspecified atom stereocenters. The van der Waals surface area contributed by atoms with Crippen molar-refractivity contribution in [1.29, 1.82) is 0 Å². The van der Waals surface area contributed by atoms with Gasteiger partial charge in [0.1, 0.15) is 0 Å². The van der Waals surface area contributed by atoms with Crippen LogP contribution in [0.4, 0.5) is 0 Å². The molecule has 3 aliphatic rings. The van der Waals surface area contributed by atoms with Crippen LogP contribution in [0, 0.1) is 0 Å². The number of nitrogens with zero attached hydrogens (tertiary/aromatic N) is 2. The zero-order chi connectivity index (χ0) is 10.1. The van der Waals surface area contributed by atoms with Gasteiger partial charge in [-0.15, -0.1) is 0 Å². The highest BCUT2D eigenvalue weighted by atomic mass is 15.3. The third kappa shape index (κ3) is 2.36. The molecule has 0 bridgehead atoms. The van der Waals surface area contributed by atoms with Crippen LogP contribution in [0.25, 0.3) is 0 Å². The summed E-state index contributed by atoms with van der Waals surface area (Å²) in [5.41, 5.74) is 0. The fourth-order valence-electron chi connectivity index (χ4n) is 3.35. The first-order valence-electron chi connectivity index (χ1n) is 6.91. The fourth-order valence-corrected chi connectivity index (χ4v) is 3.35. The molecule has 3 fully saturated rings. The topological polar surface area (TPSA) is 6.48 Å².